The minimum absolute atomic E-state index is 0.718. The van der Waals surface area contributed by atoms with Crippen LogP contribution < -0.4 is 0 Å². The third kappa shape index (κ3) is 1.68. The van der Waals surface area contributed by atoms with Gasteiger partial charge in [0.1, 0.15) is 0 Å². The highest BCUT2D eigenvalue weighted by Crippen LogP contribution is 2.04. The molecule has 9 heavy (non-hydrogen) atoms. The van der Waals surface area contributed by atoms with E-state index >= 15 is 0 Å². The summed E-state index contributed by atoms with van der Waals surface area (Å²) in [5.41, 5.74) is 0.718. The van der Waals surface area contributed by atoms with Crippen LogP contribution in [0.5, 0.6) is 0 Å². The van der Waals surface area contributed by atoms with Crippen LogP contribution in [0.1, 0.15) is 5.56 Å². The fourth-order valence-electron chi connectivity index (χ4n) is 0.524. The van der Waals surface area contributed by atoms with Crippen LogP contribution in [0.2, 0.25) is 0 Å². The van der Waals surface area contributed by atoms with Crippen LogP contribution in [0.3, 0.4) is 0 Å². The maximum atomic E-state index is 8.38. The Hall–Kier alpha value is -0.560. The maximum Gasteiger partial charge on any atom is 0.0991 e. The predicted octanol–water partition coefficient (Wildman–Crippen LogP) is 2.16. The Kier molecular flexibility index (Phi) is 2.06. The third-order valence-electron chi connectivity index (χ3n) is 0.973. The molecule has 1 aromatic carbocycles. The maximum absolute atomic E-state index is 8.38. The first kappa shape index (κ1) is 6.56. The van der Waals surface area contributed by atoms with Crippen molar-refractivity contribution in [1.29, 1.82) is 5.26 Å². The van der Waals surface area contributed by atoms with E-state index in [-0.39, 0.29) is 0 Å². The lowest BCUT2D eigenvalue weighted by molar-refractivity contribution is 1.48. The summed E-state index contributed by atoms with van der Waals surface area (Å²) in [5, 5.41) is 8.38. The number of nitrogens with zero attached hydrogens (tertiary/aromatic N) is 1. The summed E-state index contributed by atoms with van der Waals surface area (Å²) in [6, 6.07) is 9.50. The summed E-state index contributed by atoms with van der Waals surface area (Å²) >= 11 is 2.20. The van der Waals surface area contributed by atoms with Crippen molar-refractivity contribution in [3.8, 4) is 6.07 Å². The fraction of sp³-hybridized carbons (Fsp3) is 0. The van der Waals surface area contributed by atoms with Gasteiger partial charge in [0, 0.05) is 3.57 Å². The van der Waals surface area contributed by atoms with E-state index in [0.29, 0.717) is 0 Å². The molecule has 0 saturated carbocycles. The molecule has 2 heteroatoms. The van der Waals surface area contributed by atoms with Gasteiger partial charge < -0.3 is 0 Å². The lowest BCUT2D eigenvalue weighted by atomic mass is 10.2. The van der Waals surface area contributed by atoms with E-state index in [0.717, 1.165) is 9.13 Å². The Labute approximate surface area is 67.5 Å². The highest BCUT2D eigenvalue weighted by molar-refractivity contribution is 14.1. The Bertz CT molecular complexity index is 232. The van der Waals surface area contributed by atoms with Crippen molar-refractivity contribution in [2.24, 2.45) is 0 Å². The summed E-state index contributed by atoms with van der Waals surface area (Å²) in [4.78, 5) is 0. The molecule has 0 aliphatic carbocycles. The van der Waals surface area contributed by atoms with Gasteiger partial charge in [-0.1, -0.05) is 0 Å². The molecule has 0 aliphatic rings. The first-order chi connectivity index (χ1) is 4.33. The van der Waals surface area contributed by atoms with Gasteiger partial charge in [-0.25, -0.2) is 0 Å². The largest absolute Gasteiger partial charge is 0.192 e. The van der Waals surface area contributed by atoms with Crippen molar-refractivity contribution in [2.45, 2.75) is 0 Å². The number of rotatable bonds is 0. The van der Waals surface area contributed by atoms with Crippen molar-refractivity contribution in [3.63, 3.8) is 0 Å². The van der Waals surface area contributed by atoms with Crippen molar-refractivity contribution in [1.82, 2.24) is 0 Å². The summed E-state index contributed by atoms with van der Waals surface area (Å²) in [6.45, 7) is 0. The molecule has 0 radical (unpaired) electrons. The highest BCUT2D eigenvalue weighted by atomic mass is 123. The van der Waals surface area contributed by atoms with Crippen LogP contribution in [-0.4, -0.2) is 0 Å². The molecule has 0 heterocycles. The van der Waals surface area contributed by atoms with Gasteiger partial charge in [-0.3, -0.25) is 0 Å². The Morgan fingerprint density at radius 3 is 2.22 bits per heavy atom. The third-order valence-corrected chi connectivity index (χ3v) is 1.69. The van der Waals surface area contributed by atoms with Crippen LogP contribution in [0.15, 0.2) is 24.3 Å². The van der Waals surface area contributed by atoms with Gasteiger partial charge in [0.25, 0.3) is 0 Å². The summed E-state index contributed by atoms with van der Waals surface area (Å²) in [5.74, 6) is 0. The first-order valence-electron chi connectivity index (χ1n) is 2.48. The lowest BCUT2D eigenvalue weighted by Crippen LogP contribution is -1.72. The molecule has 1 rings (SSSR count). The molecule has 0 aliphatic heterocycles. The molecule has 0 saturated heterocycles. The molecular weight excluding hydrogens is 221 g/mol. The molecule has 0 unspecified atom stereocenters. The Balaban J connectivity index is 3.06. The van der Waals surface area contributed by atoms with Crippen LogP contribution in [0, 0.1) is 14.9 Å². The van der Waals surface area contributed by atoms with E-state index in [1.807, 2.05) is 24.3 Å². The fourth-order valence-corrected chi connectivity index (χ4v) is 0.884. The molecule has 0 bridgehead atoms. The van der Waals surface area contributed by atoms with Crippen LogP contribution >= 0.6 is 22.6 Å². The summed E-state index contributed by atoms with van der Waals surface area (Å²) in [7, 11) is 0. The summed E-state index contributed by atoms with van der Waals surface area (Å²) in [6.07, 6.45) is 0. The topological polar surface area (TPSA) is 23.8 Å². The predicted molar refractivity (Wildman–Crippen MR) is 43.9 cm³/mol. The van der Waals surface area contributed by atoms with Gasteiger partial charge >= 0.3 is 0 Å². The van der Waals surface area contributed by atoms with Crippen molar-refractivity contribution in [3.05, 3.63) is 33.4 Å². The molecule has 1 aromatic rings. The number of halogens is 1. The van der Waals surface area contributed by atoms with Crippen LogP contribution in [-0.2, 0) is 0 Å². The van der Waals surface area contributed by atoms with Crippen LogP contribution in [0.25, 0.3) is 0 Å². The van der Waals surface area contributed by atoms with Crippen molar-refractivity contribution in [2.75, 3.05) is 0 Å². The van der Waals surface area contributed by atoms with E-state index in [1.54, 1.807) is 0 Å². The molecule has 0 spiro atoms. The molecular formula is C7H4IN. The molecule has 0 aromatic heterocycles. The van der Waals surface area contributed by atoms with Crippen LogP contribution in [0.4, 0.5) is 0 Å². The highest BCUT2D eigenvalue weighted by Gasteiger charge is 1.86. The zero-order valence-corrected chi connectivity index (χ0v) is 6.79. The number of hydrogen-bond donors (Lipinski definition) is 0. The monoisotopic (exact) mass is 225 g/mol. The minimum Gasteiger partial charge on any atom is -0.192 e. The van der Waals surface area contributed by atoms with Crippen molar-refractivity contribution >= 4 is 22.6 Å². The average molecular weight is 225 g/mol. The quantitative estimate of drug-likeness (QED) is 0.620. The molecule has 0 N–H and O–H groups in total. The van der Waals surface area contributed by atoms with E-state index < -0.39 is 0 Å². The van der Waals surface area contributed by atoms with Gasteiger partial charge in [0.15, 0.2) is 0 Å². The zero-order valence-electron chi connectivity index (χ0n) is 4.63. The molecule has 0 atom stereocenters. The van der Waals surface area contributed by atoms with E-state index in [9.17, 15) is 0 Å². The average Bonchev–Trinajstić information content (AvgIpc) is 1.90. The number of hydrogen-bond acceptors (Lipinski definition) is 1. The van der Waals surface area contributed by atoms with Crippen molar-refractivity contribution < 1.29 is 0 Å². The standard InChI is InChI=1S/C7H4IN/c8-7-3-1-6(5-9)2-4-7/h1-4H/i8-4. The van der Waals surface area contributed by atoms with Gasteiger partial charge in [-0.05, 0) is 46.9 Å². The second-order valence-corrected chi connectivity index (χ2v) is 2.86. The normalized spacial score (nSPS) is 8.44. The smallest absolute Gasteiger partial charge is 0.0991 e. The first-order valence-corrected chi connectivity index (χ1v) is 3.56. The Morgan fingerprint density at radius 1 is 1.22 bits per heavy atom. The summed E-state index contributed by atoms with van der Waals surface area (Å²) < 4.78 is 1.16. The molecule has 0 amide bonds. The van der Waals surface area contributed by atoms with Gasteiger partial charge in [0.05, 0.1) is 11.6 Å². The zero-order chi connectivity index (χ0) is 6.69. The van der Waals surface area contributed by atoms with Gasteiger partial charge in [-0.2, -0.15) is 5.26 Å². The second-order valence-electron chi connectivity index (χ2n) is 1.62. The Morgan fingerprint density at radius 2 is 1.78 bits per heavy atom. The number of nitriles is 1. The molecule has 44 valence electrons. The minimum atomic E-state index is 0.718. The molecule has 0 fully saturated rings. The SMILES string of the molecule is N#Cc1ccc([123I])cc1. The van der Waals surface area contributed by atoms with E-state index in [1.165, 1.54) is 0 Å². The lowest BCUT2D eigenvalue weighted by Gasteiger charge is -1.86. The number of benzene rings is 1. The molecule has 1 nitrogen and oxygen atoms in total. The van der Waals surface area contributed by atoms with E-state index in [2.05, 4.69) is 28.7 Å². The second kappa shape index (κ2) is 2.83. The van der Waals surface area contributed by atoms with E-state index in [4.69, 9.17) is 5.26 Å². The van der Waals surface area contributed by atoms with Gasteiger partial charge in [0.2, 0.25) is 0 Å². The van der Waals surface area contributed by atoms with Gasteiger partial charge in [-0.15, -0.1) is 0 Å².